The fourth-order valence-electron chi connectivity index (χ4n) is 5.05. The normalized spacial score (nSPS) is 30.2. The van der Waals surface area contributed by atoms with Crippen molar-refractivity contribution >= 4 is 48.3 Å². The number of phosphoric ester groups is 2. The van der Waals surface area contributed by atoms with Gasteiger partial charge in [0.1, 0.15) is 48.5 Å². The molecule has 11 atom stereocenters. The molecule has 0 aliphatic carbocycles. The van der Waals surface area contributed by atoms with Crippen molar-refractivity contribution in [3.63, 3.8) is 0 Å². The van der Waals surface area contributed by atoms with Crippen LogP contribution in [0, 0.1) is 0 Å². The molecule has 3 unspecified atom stereocenters. The van der Waals surface area contributed by atoms with Gasteiger partial charge in [0.15, 0.2) is 23.9 Å². The Labute approximate surface area is 287 Å². The molecule has 52 heavy (non-hydrogen) atoms. The number of methoxy groups -OCH3 is 1. The molecular formula is C20H29N7O21P4. The third-order valence-electron chi connectivity index (χ3n) is 7.16. The van der Waals surface area contributed by atoms with Crippen molar-refractivity contribution in [2.75, 3.05) is 26.1 Å². The zero-order valence-corrected chi connectivity index (χ0v) is 29.4. The maximum atomic E-state index is 13.3. The van der Waals surface area contributed by atoms with Crippen LogP contribution >= 0.6 is 31.3 Å². The molecule has 28 nitrogen and oxygen atoms in total. The van der Waals surface area contributed by atoms with Gasteiger partial charge in [-0.2, -0.15) is 8.62 Å². The van der Waals surface area contributed by atoms with Gasteiger partial charge in [-0.1, -0.05) is 0 Å². The number of phosphoric acid groups is 4. The Hall–Kier alpha value is -2.65. The molecule has 3 aromatic heterocycles. The Morgan fingerprint density at radius 1 is 0.846 bits per heavy atom. The lowest BCUT2D eigenvalue weighted by Crippen LogP contribution is -2.38. The third-order valence-corrected chi connectivity index (χ3v) is 11.9. The number of ether oxygens (including phenoxy) is 3. The van der Waals surface area contributed by atoms with Crippen molar-refractivity contribution in [2.24, 2.45) is 0 Å². The lowest BCUT2D eigenvalue weighted by atomic mass is 10.1. The Bertz CT molecular complexity index is 2090. The fraction of sp³-hybridized carbons (Fsp3) is 0.550. The van der Waals surface area contributed by atoms with E-state index in [0.717, 1.165) is 36.6 Å². The van der Waals surface area contributed by atoms with Crippen LogP contribution in [0.4, 0.5) is 5.82 Å². The first-order chi connectivity index (χ1) is 24.1. The lowest BCUT2D eigenvalue weighted by Gasteiger charge is -2.26. The summed E-state index contributed by atoms with van der Waals surface area (Å²) < 4.78 is 89.5. The van der Waals surface area contributed by atoms with Gasteiger partial charge in [0, 0.05) is 19.4 Å². The monoisotopic (exact) mass is 827 g/mol. The highest BCUT2D eigenvalue weighted by Crippen LogP contribution is 2.66. The highest BCUT2D eigenvalue weighted by molar-refractivity contribution is 7.66. The SMILES string of the molecule is CO[C@@H]1[C@H](OP(=O)(O)OC[C@H]2O[C@@H](n3ccc(=O)[nH]c3=O)[C@H](O)[C@@H]2O)[C@@H](COP(=O)(O)OP(=O)(O)OP(=O)(O)O)O[C@H]1n1cnc2c(N)ncnc21. The van der Waals surface area contributed by atoms with Crippen LogP contribution in [0.15, 0.2) is 34.5 Å². The van der Waals surface area contributed by atoms with Gasteiger partial charge >= 0.3 is 37.0 Å². The largest absolute Gasteiger partial charge is 0.490 e. The number of rotatable bonds is 15. The molecule has 290 valence electrons. The molecule has 0 radical (unpaired) electrons. The molecule has 0 spiro atoms. The second kappa shape index (κ2) is 15.2. The van der Waals surface area contributed by atoms with E-state index in [1.165, 1.54) is 4.57 Å². The maximum Gasteiger partial charge on any atom is 0.490 e. The van der Waals surface area contributed by atoms with Gasteiger partial charge in [-0.3, -0.25) is 32.5 Å². The number of hydrogen-bond acceptors (Lipinski definition) is 20. The van der Waals surface area contributed by atoms with Crippen molar-refractivity contribution in [3.8, 4) is 0 Å². The summed E-state index contributed by atoms with van der Waals surface area (Å²) in [6, 6.07) is 0.932. The standard InChI is InChI=1S/C20H29N7O21P4/c1-41-15-14(46-50(35,36)42-4-8-12(29)13(30)18(44-8)26-3-2-10(28)25-20(26)31)9(5-43-51(37,38)48-52(39,40)47-49(32,33)34)45-19(15)27-7-24-11-16(21)22-6-23-17(11)27/h2-3,6-9,12-15,18-19,29-30H,4-5H2,1H3,(H,35,36)(H,37,38)(H,39,40)(H2,21,22,23)(H,25,28,31)(H2,32,33,34)/t8-,9-,12-,13-,14-,15-,18-,19-/m1/s1. The van der Waals surface area contributed by atoms with E-state index in [4.69, 9.17) is 38.8 Å². The van der Waals surface area contributed by atoms with E-state index in [0.29, 0.717) is 0 Å². The number of aromatic amines is 1. The molecule has 3 aromatic rings. The number of anilines is 1. The number of aromatic nitrogens is 6. The first kappa shape index (κ1) is 40.5. The number of nitrogens with one attached hydrogen (secondary N) is 1. The van der Waals surface area contributed by atoms with E-state index in [9.17, 15) is 52.7 Å². The Morgan fingerprint density at radius 2 is 1.50 bits per heavy atom. The summed E-state index contributed by atoms with van der Waals surface area (Å²) >= 11 is 0. The van der Waals surface area contributed by atoms with Crippen LogP contribution in [0.5, 0.6) is 0 Å². The molecule has 2 aliphatic rings. The van der Waals surface area contributed by atoms with Gasteiger partial charge in [-0.25, -0.2) is 38.0 Å². The predicted molar refractivity (Wildman–Crippen MR) is 162 cm³/mol. The summed E-state index contributed by atoms with van der Waals surface area (Å²) in [4.78, 5) is 85.1. The summed E-state index contributed by atoms with van der Waals surface area (Å²) in [5, 5.41) is 20.9. The summed E-state index contributed by atoms with van der Waals surface area (Å²) in [7, 11) is -21.7. The van der Waals surface area contributed by atoms with Crippen LogP contribution in [-0.2, 0) is 54.7 Å². The van der Waals surface area contributed by atoms with Crippen molar-refractivity contribution in [3.05, 3.63) is 45.8 Å². The number of imidazole rings is 1. The van der Waals surface area contributed by atoms with E-state index in [1.807, 2.05) is 4.98 Å². The first-order valence-corrected chi connectivity index (χ1v) is 20.0. The van der Waals surface area contributed by atoms with Crippen LogP contribution in [0.3, 0.4) is 0 Å². The third kappa shape index (κ3) is 9.34. The number of nitrogen functional groups attached to an aromatic ring is 1. The molecule has 2 saturated heterocycles. The van der Waals surface area contributed by atoms with Crippen molar-refractivity contribution in [1.29, 1.82) is 0 Å². The van der Waals surface area contributed by atoms with E-state index in [-0.39, 0.29) is 17.0 Å². The summed E-state index contributed by atoms with van der Waals surface area (Å²) in [6.07, 6.45) is -10.0. The zero-order valence-electron chi connectivity index (χ0n) is 25.8. The second-order valence-corrected chi connectivity index (χ2v) is 16.5. The van der Waals surface area contributed by atoms with E-state index >= 15 is 0 Å². The molecule has 10 N–H and O–H groups in total. The quantitative estimate of drug-likeness (QED) is 0.0706. The summed E-state index contributed by atoms with van der Waals surface area (Å²) in [5.41, 5.74) is 4.18. The average Bonchev–Trinajstić information content (AvgIpc) is 3.67. The molecular weight excluding hydrogens is 798 g/mol. The van der Waals surface area contributed by atoms with Crippen LogP contribution < -0.4 is 17.0 Å². The minimum atomic E-state index is -5.93. The topological polar surface area (TPSA) is 408 Å². The number of H-pyrrole nitrogens is 1. The van der Waals surface area contributed by atoms with Crippen LogP contribution in [0.25, 0.3) is 11.2 Å². The molecule has 0 saturated carbocycles. The van der Waals surface area contributed by atoms with E-state index in [2.05, 4.69) is 28.1 Å². The van der Waals surface area contributed by atoms with E-state index < -0.39 is 105 Å². The van der Waals surface area contributed by atoms with Crippen LogP contribution in [0.2, 0.25) is 0 Å². The number of aliphatic hydroxyl groups is 2. The minimum Gasteiger partial charge on any atom is -0.387 e. The van der Waals surface area contributed by atoms with E-state index in [1.54, 1.807) is 0 Å². The van der Waals surface area contributed by atoms with Crippen LogP contribution in [-0.4, -0.2) is 121 Å². The lowest BCUT2D eigenvalue weighted by molar-refractivity contribution is -0.0610. The number of hydrogen-bond donors (Lipinski definition) is 9. The molecule has 32 heteroatoms. The van der Waals surface area contributed by atoms with Gasteiger partial charge in [0.2, 0.25) is 0 Å². The smallest absolute Gasteiger partial charge is 0.387 e. The maximum absolute atomic E-state index is 13.3. The number of fused-ring (bicyclic) bond motifs is 1. The second-order valence-electron chi connectivity index (χ2n) is 10.6. The predicted octanol–water partition coefficient (Wildman–Crippen LogP) is -2.66. The number of nitrogens with zero attached hydrogens (tertiary/aromatic N) is 5. The highest BCUT2D eigenvalue weighted by Gasteiger charge is 2.52. The Kier molecular flexibility index (Phi) is 11.9. The number of nitrogens with two attached hydrogens (primary N) is 1. The molecule has 0 bridgehead atoms. The van der Waals surface area contributed by atoms with Gasteiger partial charge < -0.3 is 54.6 Å². The highest BCUT2D eigenvalue weighted by atomic mass is 31.3. The van der Waals surface area contributed by atoms with Gasteiger partial charge in [-0.05, 0) is 0 Å². The van der Waals surface area contributed by atoms with Crippen LogP contribution in [0.1, 0.15) is 12.5 Å². The molecule has 2 aliphatic heterocycles. The molecule has 5 heterocycles. The Morgan fingerprint density at radius 3 is 2.15 bits per heavy atom. The summed E-state index contributed by atoms with van der Waals surface area (Å²) in [6.45, 7) is -2.16. The molecule has 0 aromatic carbocycles. The van der Waals surface area contributed by atoms with Crippen molar-refractivity contribution in [1.82, 2.24) is 29.1 Å². The van der Waals surface area contributed by atoms with Gasteiger partial charge in [-0.15, -0.1) is 0 Å². The van der Waals surface area contributed by atoms with Gasteiger partial charge in [0.05, 0.1) is 19.5 Å². The zero-order chi connectivity index (χ0) is 38.4. The fourth-order valence-corrected chi connectivity index (χ4v) is 9.04. The first-order valence-electron chi connectivity index (χ1n) is 14.0. The average molecular weight is 827 g/mol. The minimum absolute atomic E-state index is 0.0392. The summed E-state index contributed by atoms with van der Waals surface area (Å²) in [5.74, 6) is -0.0601. The molecule has 5 rings (SSSR count). The Balaban J connectivity index is 1.36. The van der Waals surface area contributed by atoms with Gasteiger partial charge in [0.25, 0.3) is 5.56 Å². The number of aliphatic hydroxyl groups excluding tert-OH is 2. The van der Waals surface area contributed by atoms with Crippen molar-refractivity contribution < 1.29 is 89.3 Å². The molecule has 2 fully saturated rings. The molecule has 0 amide bonds. The van der Waals surface area contributed by atoms with Crippen molar-refractivity contribution in [2.45, 2.75) is 49.1 Å².